The molecule has 7 heteroatoms. The highest BCUT2D eigenvalue weighted by Gasteiger charge is 2.21. The lowest BCUT2D eigenvalue weighted by Gasteiger charge is -2.10. The van der Waals surface area contributed by atoms with E-state index >= 15 is 0 Å². The van der Waals surface area contributed by atoms with Crippen LogP contribution < -0.4 is 4.74 Å². The van der Waals surface area contributed by atoms with E-state index in [2.05, 4.69) is 43.3 Å². The summed E-state index contributed by atoms with van der Waals surface area (Å²) in [6.45, 7) is 3.83. The van der Waals surface area contributed by atoms with Crippen LogP contribution in [0.25, 0.3) is 55.2 Å². The maximum Gasteiger partial charge on any atom is 0.142 e. The first-order valence-corrected chi connectivity index (χ1v) is 10.3. The molecule has 0 spiro atoms. The lowest BCUT2D eigenvalue weighted by Crippen LogP contribution is -1.91. The van der Waals surface area contributed by atoms with E-state index < -0.39 is 0 Å². The van der Waals surface area contributed by atoms with Crippen molar-refractivity contribution in [3.05, 3.63) is 66.4 Å². The van der Waals surface area contributed by atoms with Crippen LogP contribution in [0.5, 0.6) is 5.75 Å². The smallest absolute Gasteiger partial charge is 0.142 e. The number of hydrogen-bond acceptors (Lipinski definition) is 6. The average Bonchev–Trinajstić information content (AvgIpc) is 3.36. The number of aromatic nitrogens is 5. The van der Waals surface area contributed by atoms with Crippen LogP contribution >= 0.6 is 0 Å². The molecule has 4 aromatic heterocycles. The number of nitrogens with one attached hydrogen (secondary N) is 1. The molecule has 0 saturated heterocycles. The summed E-state index contributed by atoms with van der Waals surface area (Å²) in [5.74, 6) is 1.48. The van der Waals surface area contributed by atoms with Crippen molar-refractivity contribution in [3.63, 3.8) is 0 Å². The molecule has 2 aromatic carbocycles. The third-order valence-electron chi connectivity index (χ3n) is 5.90. The number of nitrogens with zero attached hydrogens (tertiary/aromatic N) is 4. The Kier molecular flexibility index (Phi) is 3.98. The zero-order valence-corrected chi connectivity index (χ0v) is 17.8. The van der Waals surface area contributed by atoms with E-state index in [1.54, 1.807) is 19.6 Å². The summed E-state index contributed by atoms with van der Waals surface area (Å²) in [6.07, 6.45) is 3.39. The van der Waals surface area contributed by atoms with E-state index in [1.165, 1.54) is 0 Å². The minimum atomic E-state index is 0.735. The van der Waals surface area contributed by atoms with Gasteiger partial charge in [-0.2, -0.15) is 0 Å². The highest BCUT2D eigenvalue weighted by atomic mass is 16.5. The normalized spacial score (nSPS) is 11.6. The minimum absolute atomic E-state index is 0.735. The molecule has 0 radical (unpaired) electrons. The van der Waals surface area contributed by atoms with Crippen LogP contribution in [-0.2, 0) is 0 Å². The van der Waals surface area contributed by atoms with E-state index in [0.717, 1.165) is 72.4 Å². The molecule has 0 atom stereocenters. The van der Waals surface area contributed by atoms with Gasteiger partial charge in [0.05, 0.1) is 35.0 Å². The van der Waals surface area contributed by atoms with Crippen LogP contribution in [0.4, 0.5) is 0 Å². The third kappa shape index (κ3) is 2.61. The van der Waals surface area contributed by atoms with Crippen LogP contribution in [-0.4, -0.2) is 32.2 Å². The molecule has 0 amide bonds. The van der Waals surface area contributed by atoms with Gasteiger partial charge in [-0.3, -0.25) is 4.98 Å². The first kappa shape index (κ1) is 18.5. The fourth-order valence-electron chi connectivity index (χ4n) is 4.48. The first-order valence-electron chi connectivity index (χ1n) is 10.3. The molecule has 0 aliphatic rings. The van der Waals surface area contributed by atoms with Crippen molar-refractivity contribution in [1.82, 2.24) is 25.1 Å². The van der Waals surface area contributed by atoms with Crippen molar-refractivity contribution >= 4 is 32.8 Å². The summed E-state index contributed by atoms with van der Waals surface area (Å²) >= 11 is 0. The molecule has 0 unspecified atom stereocenters. The van der Waals surface area contributed by atoms with Crippen molar-refractivity contribution in [2.45, 2.75) is 13.8 Å². The number of aromatic amines is 1. The molecule has 32 heavy (non-hydrogen) atoms. The lowest BCUT2D eigenvalue weighted by atomic mass is 9.99. The Hall–Kier alpha value is -4.26. The van der Waals surface area contributed by atoms with Gasteiger partial charge in [0.15, 0.2) is 0 Å². The number of pyridine rings is 1. The van der Waals surface area contributed by atoms with Crippen LogP contribution in [0.1, 0.15) is 11.5 Å². The van der Waals surface area contributed by atoms with Gasteiger partial charge in [-0.05, 0) is 32.0 Å². The van der Waals surface area contributed by atoms with Crippen molar-refractivity contribution in [3.8, 4) is 28.1 Å². The number of fused-ring (bicyclic) bond motifs is 4. The highest BCUT2D eigenvalue weighted by Crippen LogP contribution is 2.41. The number of aryl methyl sites for hydroxylation is 2. The largest absolute Gasteiger partial charge is 0.496 e. The quantitative estimate of drug-likeness (QED) is 0.400. The molecule has 6 aromatic rings. The van der Waals surface area contributed by atoms with Crippen molar-refractivity contribution in [2.24, 2.45) is 0 Å². The zero-order chi connectivity index (χ0) is 21.8. The van der Waals surface area contributed by atoms with Gasteiger partial charge in [0.25, 0.3) is 0 Å². The second kappa shape index (κ2) is 6.88. The molecular weight excluding hydrogens is 402 g/mol. The Balaban J connectivity index is 1.69. The number of H-pyrrole nitrogens is 1. The number of para-hydroxylation sites is 1. The van der Waals surface area contributed by atoms with Gasteiger partial charge in [-0.25, -0.2) is 9.97 Å². The monoisotopic (exact) mass is 421 g/mol. The van der Waals surface area contributed by atoms with E-state index in [1.807, 2.05) is 38.1 Å². The number of ether oxygens (including phenoxy) is 1. The average molecular weight is 421 g/mol. The Morgan fingerprint density at radius 2 is 1.84 bits per heavy atom. The Labute approximate surface area is 183 Å². The fourth-order valence-corrected chi connectivity index (χ4v) is 4.48. The summed E-state index contributed by atoms with van der Waals surface area (Å²) in [6, 6.07) is 14.2. The van der Waals surface area contributed by atoms with E-state index in [9.17, 15) is 0 Å². The first-order chi connectivity index (χ1) is 15.7. The summed E-state index contributed by atoms with van der Waals surface area (Å²) in [4.78, 5) is 17.2. The van der Waals surface area contributed by atoms with Crippen LogP contribution in [0.3, 0.4) is 0 Å². The number of rotatable bonds is 3. The molecule has 0 aliphatic carbocycles. The topological polar surface area (TPSA) is 89.7 Å². The predicted octanol–water partition coefficient (Wildman–Crippen LogP) is 5.61. The highest BCUT2D eigenvalue weighted by molar-refractivity contribution is 6.15. The van der Waals surface area contributed by atoms with Gasteiger partial charge < -0.3 is 14.2 Å². The second-order valence-corrected chi connectivity index (χ2v) is 7.75. The van der Waals surface area contributed by atoms with Crippen molar-refractivity contribution < 1.29 is 9.26 Å². The lowest BCUT2D eigenvalue weighted by molar-refractivity contribution is 0.393. The number of methoxy groups -OCH3 is 1. The van der Waals surface area contributed by atoms with Gasteiger partial charge in [0.1, 0.15) is 23.5 Å². The summed E-state index contributed by atoms with van der Waals surface area (Å²) < 4.78 is 11.2. The minimum Gasteiger partial charge on any atom is -0.496 e. The van der Waals surface area contributed by atoms with E-state index in [0.29, 0.717) is 0 Å². The van der Waals surface area contributed by atoms with Crippen LogP contribution in [0, 0.1) is 13.8 Å². The molecule has 4 heterocycles. The van der Waals surface area contributed by atoms with E-state index in [4.69, 9.17) is 9.26 Å². The standard InChI is InChI=1S/C25H19N5O2/c1-13-21(14(2)32-30-13)18-10-19-17(11-20(18)31-3)22-24(27-12-28-25(22)29-19)16-8-4-6-15-7-5-9-26-23(15)16/h4-12H,1-3H3,(H,27,28,29). The SMILES string of the molecule is COc1cc2c(cc1-c1c(C)noc1C)[nH]c1ncnc(-c3cccc4cccnc34)c12. The molecule has 7 nitrogen and oxygen atoms in total. The third-order valence-corrected chi connectivity index (χ3v) is 5.90. The fraction of sp³-hybridized carbons (Fsp3) is 0.120. The molecule has 0 saturated carbocycles. The van der Waals surface area contributed by atoms with Crippen molar-refractivity contribution in [2.75, 3.05) is 7.11 Å². The molecule has 1 N–H and O–H groups in total. The number of benzene rings is 2. The maximum absolute atomic E-state index is 5.78. The molecule has 0 bridgehead atoms. The van der Waals surface area contributed by atoms with Gasteiger partial charge in [-0.15, -0.1) is 0 Å². The molecule has 156 valence electrons. The predicted molar refractivity (Wildman–Crippen MR) is 124 cm³/mol. The van der Waals surface area contributed by atoms with Gasteiger partial charge in [-0.1, -0.05) is 29.4 Å². The van der Waals surface area contributed by atoms with Crippen LogP contribution in [0.2, 0.25) is 0 Å². The zero-order valence-electron chi connectivity index (χ0n) is 17.8. The summed E-state index contributed by atoms with van der Waals surface area (Å²) in [7, 11) is 1.67. The second-order valence-electron chi connectivity index (χ2n) is 7.75. The van der Waals surface area contributed by atoms with Gasteiger partial charge >= 0.3 is 0 Å². The summed E-state index contributed by atoms with van der Waals surface area (Å²) in [5.41, 5.74) is 7.07. The van der Waals surface area contributed by atoms with Crippen LogP contribution in [0.15, 0.2) is 59.5 Å². The molecule has 0 fully saturated rings. The number of hydrogen-bond donors (Lipinski definition) is 1. The molecular formula is C25H19N5O2. The molecule has 6 rings (SSSR count). The van der Waals surface area contributed by atoms with Gasteiger partial charge in [0, 0.05) is 33.6 Å². The maximum atomic E-state index is 5.78. The Bertz CT molecular complexity index is 1620. The van der Waals surface area contributed by atoms with Gasteiger partial charge in [0.2, 0.25) is 0 Å². The van der Waals surface area contributed by atoms with E-state index in [-0.39, 0.29) is 0 Å². The Morgan fingerprint density at radius 1 is 0.969 bits per heavy atom. The Morgan fingerprint density at radius 3 is 2.66 bits per heavy atom. The van der Waals surface area contributed by atoms with Crippen molar-refractivity contribution in [1.29, 1.82) is 0 Å². The molecule has 0 aliphatic heterocycles. The summed E-state index contributed by atoms with van der Waals surface area (Å²) in [5, 5.41) is 7.08.